The number of H-pyrrole nitrogens is 1. The van der Waals surface area contributed by atoms with E-state index in [9.17, 15) is 0 Å². The van der Waals surface area contributed by atoms with Crippen molar-refractivity contribution in [3.8, 4) is 5.75 Å². The molecule has 3 aliphatic heterocycles. The number of rotatable bonds is 7. The van der Waals surface area contributed by atoms with Crippen LogP contribution >= 0.6 is 0 Å². The molecule has 10 nitrogen and oxygen atoms in total. The molecule has 4 aromatic rings. The SMILES string of the molecule is CCN1CCC(N2CCN3c4ccc(Nc5nc(Nc6ccccc6N(C)C)c6cc[nH]c6n5)cc4OCC3C2)CC1. The number of benzene rings is 2. The van der Waals surface area contributed by atoms with Crippen molar-refractivity contribution in [2.24, 2.45) is 0 Å². The molecule has 2 fully saturated rings. The van der Waals surface area contributed by atoms with E-state index in [-0.39, 0.29) is 0 Å². The molecule has 2 aromatic heterocycles. The van der Waals surface area contributed by atoms with Gasteiger partial charge in [0, 0.05) is 57.7 Å². The van der Waals surface area contributed by atoms with Gasteiger partial charge in [0.15, 0.2) is 0 Å². The van der Waals surface area contributed by atoms with E-state index >= 15 is 0 Å². The van der Waals surface area contributed by atoms with Gasteiger partial charge in [-0.25, -0.2) is 0 Å². The van der Waals surface area contributed by atoms with Crippen LogP contribution in [0.4, 0.5) is 34.5 Å². The van der Waals surface area contributed by atoms with Crippen LogP contribution in [0.2, 0.25) is 0 Å². The van der Waals surface area contributed by atoms with Gasteiger partial charge in [-0.2, -0.15) is 9.97 Å². The Morgan fingerprint density at radius 2 is 1.83 bits per heavy atom. The number of nitrogens with zero attached hydrogens (tertiary/aromatic N) is 6. The van der Waals surface area contributed by atoms with Crippen molar-refractivity contribution in [2.45, 2.75) is 31.8 Å². The van der Waals surface area contributed by atoms with Gasteiger partial charge >= 0.3 is 0 Å². The molecule has 2 aromatic carbocycles. The highest BCUT2D eigenvalue weighted by Gasteiger charge is 2.36. The van der Waals surface area contributed by atoms with Gasteiger partial charge in [0.25, 0.3) is 0 Å². The van der Waals surface area contributed by atoms with Crippen LogP contribution in [-0.4, -0.2) is 96.8 Å². The van der Waals surface area contributed by atoms with Crippen molar-refractivity contribution in [3.63, 3.8) is 0 Å². The van der Waals surface area contributed by atoms with Crippen LogP contribution in [0.3, 0.4) is 0 Å². The third-order valence-electron chi connectivity index (χ3n) is 9.05. The van der Waals surface area contributed by atoms with E-state index in [1.165, 1.54) is 38.2 Å². The molecule has 0 aliphatic carbocycles. The van der Waals surface area contributed by atoms with Crippen molar-refractivity contribution < 1.29 is 4.74 Å². The molecule has 5 heterocycles. The van der Waals surface area contributed by atoms with Gasteiger partial charge < -0.3 is 35.1 Å². The number of ether oxygens (including phenoxy) is 1. The van der Waals surface area contributed by atoms with E-state index < -0.39 is 0 Å². The minimum Gasteiger partial charge on any atom is -0.489 e. The number of aromatic amines is 1. The molecule has 42 heavy (non-hydrogen) atoms. The molecule has 7 rings (SSSR count). The van der Waals surface area contributed by atoms with Gasteiger partial charge in [-0.15, -0.1) is 0 Å². The normalized spacial score (nSPS) is 19.7. The first-order chi connectivity index (χ1) is 20.6. The van der Waals surface area contributed by atoms with Crippen LogP contribution < -0.4 is 25.2 Å². The van der Waals surface area contributed by atoms with Crippen LogP contribution in [0.25, 0.3) is 11.0 Å². The lowest BCUT2D eigenvalue weighted by molar-refractivity contribution is 0.0810. The lowest BCUT2D eigenvalue weighted by atomic mass is 9.99. The second kappa shape index (κ2) is 11.3. The third-order valence-corrected chi connectivity index (χ3v) is 9.05. The maximum Gasteiger partial charge on any atom is 0.231 e. The Morgan fingerprint density at radius 1 is 0.976 bits per heavy atom. The highest BCUT2D eigenvalue weighted by molar-refractivity contribution is 5.92. The lowest BCUT2D eigenvalue weighted by Crippen LogP contribution is -2.60. The first-order valence-corrected chi connectivity index (χ1v) is 15.2. The van der Waals surface area contributed by atoms with E-state index in [1.807, 2.05) is 38.5 Å². The number of para-hydroxylation sites is 2. The van der Waals surface area contributed by atoms with Crippen molar-refractivity contribution in [1.29, 1.82) is 0 Å². The average molecular weight is 568 g/mol. The lowest BCUT2D eigenvalue weighted by Gasteiger charge is -2.49. The topological polar surface area (TPSA) is 87.8 Å². The standard InChI is InChI=1S/C32H41N9O/c1-4-39-15-12-23(13-16-39)40-17-18-41-24(20-40)21-42-29-19-22(9-10-28(29)41)34-32-36-30-25(11-14-33-30)31(37-32)35-26-7-5-6-8-27(26)38(2)3/h5-11,14,19,23-24H,4,12-13,15-18,20-21H2,1-3H3,(H3,33,34,35,36,37). The van der Waals surface area contributed by atoms with E-state index in [4.69, 9.17) is 14.7 Å². The molecule has 1 unspecified atom stereocenters. The number of likely N-dealkylation sites (tertiary alicyclic amines) is 1. The third kappa shape index (κ3) is 5.20. The Labute approximate surface area is 247 Å². The van der Waals surface area contributed by atoms with E-state index in [0.29, 0.717) is 24.6 Å². The molecule has 1 atom stereocenters. The summed E-state index contributed by atoms with van der Waals surface area (Å²) < 4.78 is 6.36. The number of fused-ring (bicyclic) bond motifs is 4. The van der Waals surface area contributed by atoms with Crippen LogP contribution in [0, 0.1) is 0 Å². The smallest absolute Gasteiger partial charge is 0.231 e. The van der Waals surface area contributed by atoms with Crippen LogP contribution in [0.5, 0.6) is 5.75 Å². The predicted octanol–water partition coefficient (Wildman–Crippen LogP) is 4.88. The minimum absolute atomic E-state index is 0.395. The molecular formula is C32H41N9O. The molecule has 220 valence electrons. The molecule has 0 spiro atoms. The van der Waals surface area contributed by atoms with Crippen molar-refractivity contribution in [3.05, 3.63) is 54.7 Å². The van der Waals surface area contributed by atoms with Crippen molar-refractivity contribution >= 4 is 45.5 Å². The number of aromatic nitrogens is 3. The van der Waals surface area contributed by atoms with E-state index in [0.717, 1.165) is 59.3 Å². The number of hydrogen-bond donors (Lipinski definition) is 3. The van der Waals surface area contributed by atoms with Gasteiger partial charge in [0.05, 0.1) is 28.5 Å². The Balaban J connectivity index is 1.07. The van der Waals surface area contributed by atoms with Gasteiger partial charge in [0.2, 0.25) is 5.95 Å². The highest BCUT2D eigenvalue weighted by atomic mass is 16.5. The summed E-state index contributed by atoms with van der Waals surface area (Å²) in [6.45, 7) is 9.83. The Morgan fingerprint density at radius 3 is 2.67 bits per heavy atom. The molecule has 0 radical (unpaired) electrons. The minimum atomic E-state index is 0.395. The summed E-state index contributed by atoms with van der Waals surface area (Å²) in [6.07, 6.45) is 4.45. The summed E-state index contributed by atoms with van der Waals surface area (Å²) in [5.41, 5.74) is 4.92. The number of anilines is 6. The largest absolute Gasteiger partial charge is 0.489 e. The summed E-state index contributed by atoms with van der Waals surface area (Å²) in [7, 11) is 4.08. The molecule has 0 bridgehead atoms. The first-order valence-electron chi connectivity index (χ1n) is 15.2. The second-order valence-electron chi connectivity index (χ2n) is 11.8. The Kier molecular flexibility index (Phi) is 7.25. The molecular weight excluding hydrogens is 526 g/mol. The summed E-state index contributed by atoms with van der Waals surface area (Å²) in [6, 6.07) is 17.7. The number of piperazine rings is 1. The second-order valence-corrected chi connectivity index (χ2v) is 11.8. The van der Waals surface area contributed by atoms with Gasteiger partial charge in [0.1, 0.15) is 23.8 Å². The molecule has 0 saturated carbocycles. The highest BCUT2D eigenvalue weighted by Crippen LogP contribution is 2.39. The average Bonchev–Trinajstić information content (AvgIpc) is 3.50. The zero-order chi connectivity index (χ0) is 28.6. The molecule has 3 aliphatic rings. The fraction of sp³-hybridized carbons (Fsp3) is 0.438. The van der Waals surface area contributed by atoms with E-state index in [1.54, 1.807) is 0 Å². The monoisotopic (exact) mass is 567 g/mol. The van der Waals surface area contributed by atoms with Crippen LogP contribution in [0.1, 0.15) is 19.8 Å². The predicted molar refractivity (Wildman–Crippen MR) is 171 cm³/mol. The zero-order valence-electron chi connectivity index (χ0n) is 24.8. The zero-order valence-corrected chi connectivity index (χ0v) is 24.8. The van der Waals surface area contributed by atoms with Crippen LogP contribution in [0.15, 0.2) is 54.7 Å². The summed E-state index contributed by atoms with van der Waals surface area (Å²) in [5, 5.41) is 7.89. The molecule has 2 saturated heterocycles. The van der Waals surface area contributed by atoms with Gasteiger partial charge in [-0.05, 0) is 62.8 Å². The van der Waals surface area contributed by atoms with Crippen molar-refractivity contribution in [2.75, 3.05) is 80.4 Å². The first kappa shape index (κ1) is 26.9. The van der Waals surface area contributed by atoms with Gasteiger partial charge in [-0.1, -0.05) is 19.1 Å². The fourth-order valence-electron chi connectivity index (χ4n) is 6.72. The molecule has 3 N–H and O–H groups in total. The summed E-state index contributed by atoms with van der Waals surface area (Å²) in [4.78, 5) is 22.8. The summed E-state index contributed by atoms with van der Waals surface area (Å²) in [5.74, 6) is 2.18. The quantitative estimate of drug-likeness (QED) is 0.289. The van der Waals surface area contributed by atoms with Gasteiger partial charge in [-0.3, -0.25) is 4.90 Å². The van der Waals surface area contributed by atoms with Crippen molar-refractivity contribution in [1.82, 2.24) is 24.8 Å². The fourth-order valence-corrected chi connectivity index (χ4v) is 6.72. The summed E-state index contributed by atoms with van der Waals surface area (Å²) >= 11 is 0. The van der Waals surface area contributed by atoms with Crippen LogP contribution in [-0.2, 0) is 0 Å². The Bertz CT molecular complexity index is 1540. The maximum absolute atomic E-state index is 6.36. The Hall–Kier alpha value is -4.02. The molecule has 10 heteroatoms. The number of piperidine rings is 1. The maximum atomic E-state index is 6.36. The number of hydrogen-bond acceptors (Lipinski definition) is 9. The van der Waals surface area contributed by atoms with E-state index in [2.05, 4.69) is 72.5 Å². The molecule has 0 amide bonds. The number of nitrogens with one attached hydrogen (secondary N) is 3.